The second kappa shape index (κ2) is 161. The minimum absolute atomic E-state index is 0. The van der Waals surface area contributed by atoms with E-state index in [1.165, 1.54) is 19.3 Å². The SMILES string of the molecule is C.C.C.C.CCC.CCC.CCC.[3HH].[3H][3H]. The zero-order valence-corrected chi connectivity index (χ0v) is 8.12. The summed E-state index contributed by atoms with van der Waals surface area (Å²) in [5, 5.41) is 0. The van der Waals surface area contributed by atoms with E-state index in [2.05, 4.69) is 41.5 Å². The van der Waals surface area contributed by atoms with Crippen molar-refractivity contribution in [3.05, 3.63) is 0 Å². The summed E-state index contributed by atoms with van der Waals surface area (Å²) in [5.41, 5.74) is 0. The van der Waals surface area contributed by atoms with Crippen LogP contribution in [-0.4, -0.2) is 0 Å². The van der Waals surface area contributed by atoms with Crippen LogP contribution in [0.1, 0.15) is 94.9 Å². The lowest BCUT2D eigenvalue weighted by molar-refractivity contribution is 1.09. The first-order chi connectivity index (χ1) is 5.24. The Morgan fingerprint density at radius 2 is 0.538 bits per heavy atom. The molecular weight excluding hydrogens is 156 g/mol. The molecule has 0 rings (SSSR count). The second-order valence-corrected chi connectivity index (χ2v) is 2.12. The van der Waals surface area contributed by atoms with Gasteiger partial charge in [-0.3, -0.25) is 0 Å². The van der Waals surface area contributed by atoms with E-state index in [0.717, 1.165) is 0 Å². The van der Waals surface area contributed by atoms with E-state index in [-0.39, 0.29) is 31.1 Å². The molecule has 0 bridgehead atoms. The molecule has 13 heavy (non-hydrogen) atoms. The lowest BCUT2D eigenvalue weighted by Crippen LogP contribution is -1.27. The molecule has 0 N–H and O–H groups in total. The van der Waals surface area contributed by atoms with Gasteiger partial charge in [0.1, 0.15) is 0 Å². The molecule has 0 amide bonds. The summed E-state index contributed by atoms with van der Waals surface area (Å²) in [6, 6.07) is 0. The zero-order chi connectivity index (χ0) is 10.1. The van der Waals surface area contributed by atoms with Crippen molar-refractivity contribution in [2.75, 3.05) is 0 Å². The molecule has 0 spiro atoms. The van der Waals surface area contributed by atoms with Gasteiger partial charge in [0.15, 0.2) is 0 Å². The molecule has 0 aromatic carbocycles. The van der Waals surface area contributed by atoms with Crippen molar-refractivity contribution in [3.8, 4) is 0 Å². The molecule has 0 saturated heterocycles. The normalized spacial score (nSPS) is 4.77. The Balaban J connectivity index is -0.00000000533. The molecule has 0 fully saturated rings. The molecule has 0 aromatic heterocycles. The monoisotopic (exact) mass is 206 g/mol. The van der Waals surface area contributed by atoms with E-state index in [1.807, 2.05) is 0 Å². The number of hydrogen-bond acceptors (Lipinski definition) is 0. The Kier molecular flexibility index (Phi) is 474. The van der Waals surface area contributed by atoms with Gasteiger partial charge in [0.05, 0.1) is 0 Å². The summed E-state index contributed by atoms with van der Waals surface area (Å²) < 4.78 is 10.0. The van der Waals surface area contributed by atoms with Gasteiger partial charge in [-0.2, -0.15) is 0 Å². The van der Waals surface area contributed by atoms with Crippen LogP contribution in [0.15, 0.2) is 0 Å². The Bertz CT molecular complexity index is 15.9. The van der Waals surface area contributed by atoms with Crippen LogP contribution in [0.3, 0.4) is 0 Å². The summed E-state index contributed by atoms with van der Waals surface area (Å²) in [6.07, 6.45) is 3.75. The van der Waals surface area contributed by atoms with Gasteiger partial charge in [0.2, 0.25) is 0 Å². The van der Waals surface area contributed by atoms with Crippen LogP contribution >= 0.6 is 0 Å². The van der Waals surface area contributed by atoms with Crippen molar-refractivity contribution in [1.82, 2.24) is 0 Å². The van der Waals surface area contributed by atoms with Crippen molar-refractivity contribution in [1.29, 1.82) is 0 Å². The smallest absolute Gasteiger partial charge is 0 e. The van der Waals surface area contributed by atoms with E-state index in [1.54, 1.807) is 0 Å². The third-order valence-electron chi connectivity index (χ3n) is 0. The highest BCUT2D eigenvalue weighted by molar-refractivity contribution is 3.92. The topological polar surface area (TPSA) is 0 Å². The molecule has 0 aromatic rings. The van der Waals surface area contributed by atoms with Crippen molar-refractivity contribution in [2.24, 2.45) is 0 Å². The van der Waals surface area contributed by atoms with E-state index in [9.17, 15) is 0 Å². The van der Waals surface area contributed by atoms with Gasteiger partial charge >= 0.3 is 0 Å². The first-order valence-electron chi connectivity index (χ1n) is 5.24. The van der Waals surface area contributed by atoms with Gasteiger partial charge in [-0.15, -0.1) is 0 Å². The molecule has 0 radical (unpaired) electrons. The lowest BCUT2D eigenvalue weighted by atomic mass is 10.6. The minimum Gasteiger partial charge on any atom is -0.0776 e. The summed E-state index contributed by atoms with van der Waals surface area (Å²) in [7, 11) is 0. The maximum absolute atomic E-state index is 5.00. The van der Waals surface area contributed by atoms with Crippen LogP contribution in [0.4, 0.5) is 0 Å². The summed E-state index contributed by atoms with van der Waals surface area (Å²) in [6.45, 7) is 12.8. The predicted molar refractivity (Wildman–Crippen MR) is 79.0 cm³/mol. The van der Waals surface area contributed by atoms with E-state index >= 15 is 0 Å². The first kappa shape index (κ1) is 38.2. The molecule has 0 aliphatic carbocycles. The molecule has 0 unspecified atom stereocenters. The fourth-order valence-electron chi connectivity index (χ4n) is 0. The zero-order valence-electron chi connectivity index (χ0n) is 10.1. The van der Waals surface area contributed by atoms with Gasteiger partial charge in [0.25, 0.3) is 0 Å². The third-order valence-corrected chi connectivity index (χ3v) is 0. The molecule has 0 aliphatic heterocycles. The van der Waals surface area contributed by atoms with Gasteiger partial charge in [-0.25, -0.2) is 0 Å². The predicted octanol–water partition coefficient (Wildman–Crippen LogP) is 7.29. The van der Waals surface area contributed by atoms with Gasteiger partial charge in [-0.1, -0.05) is 90.5 Å². The summed E-state index contributed by atoms with van der Waals surface area (Å²) >= 11 is 0. The minimum atomic E-state index is 0. The van der Waals surface area contributed by atoms with Crippen LogP contribution in [0.25, 0.3) is 0 Å². The number of hydrogen-bond donors (Lipinski definition) is 0. The molecule has 0 heterocycles. The largest absolute Gasteiger partial charge is 0.0776 e. The van der Waals surface area contributed by atoms with Crippen LogP contribution < -0.4 is 0 Å². The third kappa shape index (κ3) is 0. The van der Waals surface area contributed by atoms with E-state index < -0.39 is 0 Å². The highest BCUT2D eigenvalue weighted by atomic mass is 13.4. The number of rotatable bonds is 0. The standard InChI is InChI=1S/3C3H8.4CH4.2H2/c3*1-3-2;;;;;;/h3*3H2,1-2H3;4*1H4;2*1H/i;;;;;;;1+2T;1+2. The Labute approximate surface area is 95.7 Å². The summed E-state index contributed by atoms with van der Waals surface area (Å²) in [5.74, 6) is 0. The van der Waals surface area contributed by atoms with Crippen LogP contribution in [0, 0.1) is 0 Å². The van der Waals surface area contributed by atoms with Crippen molar-refractivity contribution >= 4 is 0 Å². The van der Waals surface area contributed by atoms with Crippen LogP contribution in [-0.2, 0) is 0 Å². The fraction of sp³-hybridized carbons (Fsp3) is 1.00. The van der Waals surface area contributed by atoms with Crippen LogP contribution in [0.2, 0.25) is 0 Å². The van der Waals surface area contributed by atoms with E-state index in [4.69, 9.17) is 2.97 Å². The van der Waals surface area contributed by atoms with Gasteiger partial charge in [-0.05, 0) is 0 Å². The van der Waals surface area contributed by atoms with Gasteiger partial charge < -0.3 is 0 Å². The first-order valence-corrected chi connectivity index (χ1v) is 4.24. The van der Waals surface area contributed by atoms with Crippen molar-refractivity contribution < 1.29 is 4.40 Å². The lowest BCUT2D eigenvalue weighted by Gasteiger charge is -1.48. The molecular formula is C13H44. The molecule has 0 heteroatoms. The molecule has 0 atom stereocenters. The second-order valence-electron chi connectivity index (χ2n) is 2.12. The van der Waals surface area contributed by atoms with Crippen LogP contribution in [0.5, 0.6) is 0 Å². The highest BCUT2D eigenvalue weighted by Crippen LogP contribution is 1.56. The Morgan fingerprint density at radius 1 is 0.538 bits per heavy atom. The Hall–Kier alpha value is 0. The van der Waals surface area contributed by atoms with Crippen molar-refractivity contribution in [3.63, 3.8) is 0 Å². The Morgan fingerprint density at radius 3 is 0.538 bits per heavy atom. The fourth-order valence-corrected chi connectivity index (χ4v) is 0. The van der Waals surface area contributed by atoms with E-state index in [0.29, 0.717) is 0 Å². The molecule has 96 valence electrons. The van der Waals surface area contributed by atoms with Gasteiger partial charge in [0, 0.05) is 4.40 Å². The molecule has 0 saturated carbocycles. The summed E-state index contributed by atoms with van der Waals surface area (Å²) in [4.78, 5) is 0. The maximum Gasteiger partial charge on any atom is 0 e. The maximum atomic E-state index is 5.00. The molecule has 0 nitrogen and oxygen atoms in total. The average Bonchev–Trinajstić information content (AvgIpc) is 1.96. The van der Waals surface area contributed by atoms with Crippen molar-refractivity contribution in [2.45, 2.75) is 90.5 Å². The highest BCUT2D eigenvalue weighted by Gasteiger charge is 1.36. The quantitative estimate of drug-likeness (QED) is 0.390. The average molecular weight is 207 g/mol. The molecule has 0 aliphatic rings.